The SMILES string of the molecule is CC1CCC(CN)CN1CC(C)(O)c1ccccc1. The van der Waals surface area contributed by atoms with Crippen molar-refractivity contribution in [3.63, 3.8) is 0 Å². The minimum Gasteiger partial charge on any atom is -0.384 e. The van der Waals surface area contributed by atoms with Crippen LogP contribution < -0.4 is 5.73 Å². The van der Waals surface area contributed by atoms with Crippen LogP contribution in [-0.2, 0) is 5.60 Å². The molecule has 0 aliphatic carbocycles. The summed E-state index contributed by atoms with van der Waals surface area (Å²) in [4.78, 5) is 2.38. The van der Waals surface area contributed by atoms with Crippen molar-refractivity contribution in [1.29, 1.82) is 0 Å². The van der Waals surface area contributed by atoms with Crippen LogP contribution in [0, 0.1) is 5.92 Å². The number of β-amino-alcohol motifs (C(OH)–C–C–N with tert-alkyl or cyclic N) is 1. The summed E-state index contributed by atoms with van der Waals surface area (Å²) in [6.07, 6.45) is 2.38. The van der Waals surface area contributed by atoms with Crippen LogP contribution in [-0.4, -0.2) is 35.7 Å². The summed E-state index contributed by atoms with van der Waals surface area (Å²) < 4.78 is 0. The highest BCUT2D eigenvalue weighted by Gasteiger charge is 2.31. The third-order valence-corrected chi connectivity index (χ3v) is 4.35. The van der Waals surface area contributed by atoms with E-state index in [2.05, 4.69) is 11.8 Å². The van der Waals surface area contributed by atoms with E-state index in [-0.39, 0.29) is 0 Å². The Bertz CT molecular complexity index is 391. The van der Waals surface area contributed by atoms with Gasteiger partial charge >= 0.3 is 0 Å². The van der Waals surface area contributed by atoms with Crippen molar-refractivity contribution in [1.82, 2.24) is 4.90 Å². The number of benzene rings is 1. The molecule has 0 bridgehead atoms. The first-order valence-corrected chi connectivity index (χ1v) is 7.25. The number of rotatable bonds is 4. The highest BCUT2D eigenvalue weighted by Crippen LogP contribution is 2.27. The van der Waals surface area contributed by atoms with Gasteiger partial charge in [0.2, 0.25) is 0 Å². The van der Waals surface area contributed by atoms with Gasteiger partial charge in [-0.15, -0.1) is 0 Å². The van der Waals surface area contributed by atoms with Crippen LogP contribution in [0.25, 0.3) is 0 Å². The summed E-state index contributed by atoms with van der Waals surface area (Å²) in [7, 11) is 0. The molecule has 3 heteroatoms. The van der Waals surface area contributed by atoms with Crippen molar-refractivity contribution < 1.29 is 5.11 Å². The molecule has 3 atom stereocenters. The van der Waals surface area contributed by atoms with Gasteiger partial charge in [0, 0.05) is 19.1 Å². The summed E-state index contributed by atoms with van der Waals surface area (Å²) in [5.74, 6) is 0.572. The number of hydrogen-bond acceptors (Lipinski definition) is 3. The molecule has 3 N–H and O–H groups in total. The van der Waals surface area contributed by atoms with Gasteiger partial charge < -0.3 is 10.8 Å². The van der Waals surface area contributed by atoms with Crippen LogP contribution in [0.15, 0.2) is 30.3 Å². The predicted molar refractivity (Wildman–Crippen MR) is 78.8 cm³/mol. The molecule has 1 aromatic rings. The highest BCUT2D eigenvalue weighted by atomic mass is 16.3. The van der Waals surface area contributed by atoms with Crippen LogP contribution in [0.3, 0.4) is 0 Å². The first-order valence-electron chi connectivity index (χ1n) is 7.25. The van der Waals surface area contributed by atoms with E-state index in [1.165, 1.54) is 12.8 Å². The molecule has 1 aliphatic heterocycles. The first kappa shape index (κ1) is 14.5. The van der Waals surface area contributed by atoms with Gasteiger partial charge in [-0.05, 0) is 44.7 Å². The molecule has 1 aromatic carbocycles. The molecule has 0 saturated carbocycles. The lowest BCUT2D eigenvalue weighted by Crippen LogP contribution is -2.49. The maximum absolute atomic E-state index is 10.7. The summed E-state index contributed by atoms with van der Waals surface area (Å²) in [6.45, 7) is 6.57. The molecule has 0 spiro atoms. The van der Waals surface area contributed by atoms with Crippen molar-refractivity contribution in [2.45, 2.75) is 38.3 Å². The Kier molecular flexibility index (Phi) is 4.61. The van der Waals surface area contributed by atoms with E-state index in [0.717, 1.165) is 18.7 Å². The first-order chi connectivity index (χ1) is 9.03. The summed E-state index contributed by atoms with van der Waals surface area (Å²) >= 11 is 0. The molecule has 1 fully saturated rings. The van der Waals surface area contributed by atoms with Crippen LogP contribution in [0.1, 0.15) is 32.3 Å². The van der Waals surface area contributed by atoms with Crippen LogP contribution in [0.5, 0.6) is 0 Å². The van der Waals surface area contributed by atoms with Gasteiger partial charge in [-0.25, -0.2) is 0 Å². The van der Waals surface area contributed by atoms with Gasteiger partial charge in [0.05, 0.1) is 5.60 Å². The summed E-state index contributed by atoms with van der Waals surface area (Å²) in [5.41, 5.74) is 5.98. The van der Waals surface area contributed by atoms with Gasteiger partial charge in [-0.2, -0.15) is 0 Å². The molecule has 3 nitrogen and oxygen atoms in total. The highest BCUT2D eigenvalue weighted by molar-refractivity contribution is 5.21. The van der Waals surface area contributed by atoms with Gasteiger partial charge in [-0.3, -0.25) is 4.90 Å². The third kappa shape index (κ3) is 3.56. The zero-order chi connectivity index (χ0) is 13.9. The van der Waals surface area contributed by atoms with E-state index in [1.54, 1.807) is 0 Å². The number of nitrogens with zero attached hydrogens (tertiary/aromatic N) is 1. The van der Waals surface area contributed by atoms with E-state index in [4.69, 9.17) is 5.73 Å². The Balaban J connectivity index is 2.06. The smallest absolute Gasteiger partial charge is 0.0994 e. The van der Waals surface area contributed by atoms with Gasteiger partial charge in [0.15, 0.2) is 0 Å². The molecular weight excluding hydrogens is 236 g/mol. The zero-order valence-electron chi connectivity index (χ0n) is 12.0. The molecule has 106 valence electrons. The molecule has 1 aliphatic rings. The Morgan fingerprint density at radius 3 is 2.63 bits per heavy atom. The second kappa shape index (κ2) is 6.04. The Morgan fingerprint density at radius 1 is 1.32 bits per heavy atom. The van der Waals surface area contributed by atoms with Crippen LogP contribution >= 0.6 is 0 Å². The lowest BCUT2D eigenvalue weighted by molar-refractivity contribution is -0.0128. The van der Waals surface area contributed by atoms with Crippen molar-refractivity contribution >= 4 is 0 Å². The number of nitrogens with two attached hydrogens (primary N) is 1. The van der Waals surface area contributed by atoms with E-state index >= 15 is 0 Å². The molecular formula is C16H26N2O. The van der Waals surface area contributed by atoms with Gasteiger partial charge in [0.1, 0.15) is 0 Å². The Labute approximate surface area is 116 Å². The molecule has 2 rings (SSSR count). The van der Waals surface area contributed by atoms with E-state index < -0.39 is 5.60 Å². The normalized spacial score (nSPS) is 28.0. The predicted octanol–water partition coefficient (Wildman–Crippen LogP) is 1.95. The zero-order valence-corrected chi connectivity index (χ0v) is 12.0. The van der Waals surface area contributed by atoms with E-state index in [1.807, 2.05) is 37.3 Å². The molecule has 1 saturated heterocycles. The van der Waals surface area contributed by atoms with Crippen molar-refractivity contribution in [3.05, 3.63) is 35.9 Å². The number of aliphatic hydroxyl groups is 1. The fourth-order valence-corrected chi connectivity index (χ4v) is 2.96. The summed E-state index contributed by atoms with van der Waals surface area (Å²) in [5, 5.41) is 10.7. The summed E-state index contributed by atoms with van der Waals surface area (Å²) in [6, 6.07) is 10.5. The number of hydrogen-bond donors (Lipinski definition) is 2. The number of likely N-dealkylation sites (tertiary alicyclic amines) is 1. The van der Waals surface area contributed by atoms with Crippen molar-refractivity contribution in [2.24, 2.45) is 11.7 Å². The van der Waals surface area contributed by atoms with Crippen molar-refractivity contribution in [3.8, 4) is 0 Å². The Morgan fingerprint density at radius 2 is 2.00 bits per heavy atom. The topological polar surface area (TPSA) is 49.5 Å². The third-order valence-electron chi connectivity index (χ3n) is 4.35. The fraction of sp³-hybridized carbons (Fsp3) is 0.625. The van der Waals surface area contributed by atoms with Gasteiger partial charge in [0.25, 0.3) is 0 Å². The van der Waals surface area contributed by atoms with Crippen molar-refractivity contribution in [2.75, 3.05) is 19.6 Å². The largest absolute Gasteiger partial charge is 0.384 e. The minimum atomic E-state index is -0.800. The minimum absolute atomic E-state index is 0.526. The lowest BCUT2D eigenvalue weighted by Gasteiger charge is -2.41. The Hall–Kier alpha value is -0.900. The molecule has 3 unspecified atom stereocenters. The molecule has 0 aromatic heterocycles. The average Bonchev–Trinajstić information content (AvgIpc) is 2.42. The lowest BCUT2D eigenvalue weighted by atomic mass is 9.89. The molecule has 0 amide bonds. The van der Waals surface area contributed by atoms with E-state index in [0.29, 0.717) is 18.5 Å². The molecule has 0 radical (unpaired) electrons. The average molecular weight is 262 g/mol. The molecule has 1 heterocycles. The monoisotopic (exact) mass is 262 g/mol. The maximum Gasteiger partial charge on any atom is 0.0994 e. The maximum atomic E-state index is 10.7. The second-order valence-electron chi connectivity index (χ2n) is 6.10. The number of piperidine rings is 1. The molecule has 19 heavy (non-hydrogen) atoms. The second-order valence-corrected chi connectivity index (χ2v) is 6.10. The van der Waals surface area contributed by atoms with Crippen LogP contribution in [0.4, 0.5) is 0 Å². The van der Waals surface area contributed by atoms with E-state index in [9.17, 15) is 5.11 Å². The standard InChI is InChI=1S/C16H26N2O/c1-13-8-9-14(10-17)11-18(13)12-16(2,19)15-6-4-3-5-7-15/h3-7,13-14,19H,8-12,17H2,1-2H3. The van der Waals surface area contributed by atoms with Gasteiger partial charge in [-0.1, -0.05) is 30.3 Å². The van der Waals surface area contributed by atoms with Crippen LogP contribution in [0.2, 0.25) is 0 Å². The fourth-order valence-electron chi connectivity index (χ4n) is 2.96. The quantitative estimate of drug-likeness (QED) is 0.872.